The number of nitrogens with zero attached hydrogens (tertiary/aromatic N) is 1. The topological polar surface area (TPSA) is 49.4 Å². The van der Waals surface area contributed by atoms with Crippen LogP contribution in [0.25, 0.3) is 0 Å². The number of hydrogen-bond donors (Lipinski definition) is 1. The maximum absolute atomic E-state index is 12.8. The SMILES string of the molecule is CC[C@H](C)c1ccccc1NC(=O)[C@H]1CC(=O)N(c2ccc(C)cc2)C1. The van der Waals surface area contributed by atoms with Gasteiger partial charge in [0.1, 0.15) is 0 Å². The van der Waals surface area contributed by atoms with Gasteiger partial charge in [-0.3, -0.25) is 9.59 Å². The maximum Gasteiger partial charge on any atom is 0.229 e. The van der Waals surface area contributed by atoms with Crippen molar-refractivity contribution in [2.75, 3.05) is 16.8 Å². The average Bonchev–Trinajstić information content (AvgIpc) is 3.04. The molecule has 136 valence electrons. The van der Waals surface area contributed by atoms with Crippen LogP contribution in [0.15, 0.2) is 48.5 Å². The molecule has 2 atom stereocenters. The van der Waals surface area contributed by atoms with Crippen molar-refractivity contribution in [2.45, 2.75) is 39.5 Å². The molecule has 2 amide bonds. The van der Waals surface area contributed by atoms with Gasteiger partial charge in [-0.1, -0.05) is 49.7 Å². The van der Waals surface area contributed by atoms with E-state index < -0.39 is 0 Å². The smallest absolute Gasteiger partial charge is 0.229 e. The van der Waals surface area contributed by atoms with E-state index in [1.807, 2.05) is 49.4 Å². The Morgan fingerprint density at radius 1 is 1.19 bits per heavy atom. The summed E-state index contributed by atoms with van der Waals surface area (Å²) in [6.07, 6.45) is 1.27. The minimum absolute atomic E-state index is 0.00390. The number of nitrogens with one attached hydrogen (secondary N) is 1. The van der Waals surface area contributed by atoms with Crippen molar-refractivity contribution in [1.82, 2.24) is 0 Å². The zero-order chi connectivity index (χ0) is 18.7. The van der Waals surface area contributed by atoms with Gasteiger partial charge in [0.25, 0.3) is 0 Å². The summed E-state index contributed by atoms with van der Waals surface area (Å²) in [6.45, 7) is 6.74. The lowest BCUT2D eigenvalue weighted by molar-refractivity contribution is -0.122. The summed E-state index contributed by atoms with van der Waals surface area (Å²) in [6, 6.07) is 15.8. The summed E-state index contributed by atoms with van der Waals surface area (Å²) in [5.41, 5.74) is 4.00. The van der Waals surface area contributed by atoms with Gasteiger partial charge in [0.05, 0.1) is 5.92 Å². The van der Waals surface area contributed by atoms with Gasteiger partial charge in [0.2, 0.25) is 11.8 Å². The monoisotopic (exact) mass is 350 g/mol. The van der Waals surface area contributed by atoms with Gasteiger partial charge in [0, 0.05) is 24.3 Å². The van der Waals surface area contributed by atoms with E-state index in [-0.39, 0.29) is 24.2 Å². The van der Waals surface area contributed by atoms with Crippen LogP contribution < -0.4 is 10.2 Å². The van der Waals surface area contributed by atoms with Crippen LogP contribution in [-0.4, -0.2) is 18.4 Å². The van der Waals surface area contributed by atoms with Gasteiger partial charge in [0.15, 0.2) is 0 Å². The first-order valence-electron chi connectivity index (χ1n) is 9.26. The number of benzene rings is 2. The molecule has 26 heavy (non-hydrogen) atoms. The number of anilines is 2. The predicted molar refractivity (Wildman–Crippen MR) is 105 cm³/mol. The van der Waals surface area contributed by atoms with Crippen LogP contribution in [0.5, 0.6) is 0 Å². The molecule has 2 aromatic carbocycles. The molecule has 1 N–H and O–H groups in total. The van der Waals surface area contributed by atoms with E-state index in [0.717, 1.165) is 28.9 Å². The highest BCUT2D eigenvalue weighted by molar-refractivity contribution is 6.03. The molecule has 4 nitrogen and oxygen atoms in total. The van der Waals surface area contributed by atoms with Crippen molar-refractivity contribution >= 4 is 23.2 Å². The van der Waals surface area contributed by atoms with E-state index >= 15 is 0 Å². The van der Waals surface area contributed by atoms with Gasteiger partial charge >= 0.3 is 0 Å². The Bertz CT molecular complexity index is 798. The second-order valence-corrected chi connectivity index (χ2v) is 7.13. The molecule has 0 radical (unpaired) electrons. The van der Waals surface area contributed by atoms with Crippen molar-refractivity contribution in [3.63, 3.8) is 0 Å². The number of rotatable bonds is 5. The van der Waals surface area contributed by atoms with Crippen LogP contribution in [0.3, 0.4) is 0 Å². The fourth-order valence-electron chi connectivity index (χ4n) is 3.35. The molecule has 0 unspecified atom stereocenters. The third kappa shape index (κ3) is 3.79. The van der Waals surface area contributed by atoms with Crippen LogP contribution in [0.4, 0.5) is 11.4 Å². The number of amides is 2. The van der Waals surface area contributed by atoms with Crippen molar-refractivity contribution in [3.8, 4) is 0 Å². The van der Waals surface area contributed by atoms with E-state index in [4.69, 9.17) is 0 Å². The fourth-order valence-corrected chi connectivity index (χ4v) is 3.35. The number of para-hydroxylation sites is 1. The summed E-state index contributed by atoms with van der Waals surface area (Å²) in [5, 5.41) is 3.05. The second kappa shape index (κ2) is 7.73. The van der Waals surface area contributed by atoms with Crippen LogP contribution in [-0.2, 0) is 9.59 Å². The molecule has 1 heterocycles. The Morgan fingerprint density at radius 2 is 1.88 bits per heavy atom. The fraction of sp³-hybridized carbons (Fsp3) is 0.364. The number of hydrogen-bond acceptors (Lipinski definition) is 2. The summed E-state index contributed by atoms with van der Waals surface area (Å²) in [7, 11) is 0. The van der Waals surface area contributed by atoms with Crippen LogP contribution in [0.1, 0.15) is 43.7 Å². The van der Waals surface area contributed by atoms with Gasteiger partial charge < -0.3 is 10.2 Å². The number of aryl methyl sites for hydroxylation is 1. The van der Waals surface area contributed by atoms with E-state index in [1.165, 1.54) is 0 Å². The summed E-state index contributed by atoms with van der Waals surface area (Å²) in [4.78, 5) is 26.9. The first-order chi connectivity index (χ1) is 12.5. The zero-order valence-corrected chi connectivity index (χ0v) is 15.7. The van der Waals surface area contributed by atoms with Crippen LogP contribution >= 0.6 is 0 Å². The molecule has 1 saturated heterocycles. The summed E-state index contributed by atoms with van der Waals surface area (Å²) < 4.78 is 0. The van der Waals surface area contributed by atoms with Crippen molar-refractivity contribution in [3.05, 3.63) is 59.7 Å². The van der Waals surface area contributed by atoms with Gasteiger partial charge in [-0.2, -0.15) is 0 Å². The molecule has 0 aromatic heterocycles. The predicted octanol–water partition coefficient (Wildman–Crippen LogP) is 4.50. The molecule has 3 rings (SSSR count). The third-order valence-electron chi connectivity index (χ3n) is 5.20. The second-order valence-electron chi connectivity index (χ2n) is 7.13. The third-order valence-corrected chi connectivity index (χ3v) is 5.20. The average molecular weight is 350 g/mol. The Balaban J connectivity index is 1.72. The lowest BCUT2D eigenvalue weighted by atomic mass is 9.96. The molecule has 4 heteroatoms. The van der Waals surface area contributed by atoms with E-state index in [2.05, 4.69) is 25.2 Å². The molecule has 1 aliphatic heterocycles. The highest BCUT2D eigenvalue weighted by Gasteiger charge is 2.35. The van der Waals surface area contributed by atoms with E-state index in [0.29, 0.717) is 12.5 Å². The molecular formula is C22H26N2O2. The molecule has 1 aliphatic rings. The lowest BCUT2D eigenvalue weighted by Gasteiger charge is -2.18. The van der Waals surface area contributed by atoms with Crippen molar-refractivity contribution < 1.29 is 9.59 Å². The highest BCUT2D eigenvalue weighted by Crippen LogP contribution is 2.29. The standard InChI is InChI=1S/C22H26N2O2/c1-4-16(3)19-7-5-6-8-20(19)23-22(26)17-13-21(25)24(14-17)18-11-9-15(2)10-12-18/h5-12,16-17H,4,13-14H2,1-3H3,(H,23,26)/t16-,17-/m0/s1. The summed E-state index contributed by atoms with van der Waals surface area (Å²) >= 11 is 0. The maximum atomic E-state index is 12.8. The molecule has 2 aromatic rings. The minimum atomic E-state index is -0.325. The lowest BCUT2D eigenvalue weighted by Crippen LogP contribution is -2.28. The molecule has 0 saturated carbocycles. The Labute approximate surface area is 155 Å². The van der Waals surface area contributed by atoms with E-state index in [1.54, 1.807) is 4.90 Å². The molecule has 0 bridgehead atoms. The molecule has 0 aliphatic carbocycles. The first kappa shape index (κ1) is 18.2. The number of carbonyl (C=O) groups excluding carboxylic acids is 2. The Morgan fingerprint density at radius 3 is 2.58 bits per heavy atom. The van der Waals surface area contributed by atoms with Crippen molar-refractivity contribution in [2.24, 2.45) is 5.92 Å². The highest BCUT2D eigenvalue weighted by atomic mass is 16.2. The molecule has 1 fully saturated rings. The minimum Gasteiger partial charge on any atom is -0.326 e. The van der Waals surface area contributed by atoms with Gasteiger partial charge in [-0.15, -0.1) is 0 Å². The van der Waals surface area contributed by atoms with Crippen LogP contribution in [0, 0.1) is 12.8 Å². The first-order valence-corrected chi connectivity index (χ1v) is 9.26. The normalized spacial score (nSPS) is 18.0. The zero-order valence-electron chi connectivity index (χ0n) is 15.7. The van der Waals surface area contributed by atoms with Gasteiger partial charge in [-0.25, -0.2) is 0 Å². The summed E-state index contributed by atoms with van der Waals surface area (Å²) in [5.74, 6) is -0.0255. The van der Waals surface area contributed by atoms with E-state index in [9.17, 15) is 9.59 Å². The van der Waals surface area contributed by atoms with Crippen LogP contribution in [0.2, 0.25) is 0 Å². The van der Waals surface area contributed by atoms with Gasteiger partial charge in [-0.05, 0) is 43.0 Å². The molecule has 0 spiro atoms. The quantitative estimate of drug-likeness (QED) is 0.863. The Kier molecular flexibility index (Phi) is 5.40. The van der Waals surface area contributed by atoms with Crippen molar-refractivity contribution in [1.29, 1.82) is 0 Å². The Hall–Kier alpha value is -2.62. The largest absolute Gasteiger partial charge is 0.326 e. The number of carbonyl (C=O) groups is 2. The molecular weight excluding hydrogens is 324 g/mol.